The van der Waals surface area contributed by atoms with E-state index in [1.807, 2.05) is 0 Å². The first-order valence-corrected chi connectivity index (χ1v) is 8.06. The molecule has 1 saturated carbocycles. The van der Waals surface area contributed by atoms with Crippen LogP contribution in [0.5, 0.6) is 0 Å². The van der Waals surface area contributed by atoms with E-state index in [2.05, 4.69) is 52.4 Å². The van der Waals surface area contributed by atoms with Crippen LogP contribution >= 0.6 is 15.9 Å². The second-order valence-electron chi connectivity index (χ2n) is 5.44. The normalized spacial score (nSPS) is 18.1. The lowest BCUT2D eigenvalue weighted by atomic mass is 9.92. The smallest absolute Gasteiger partial charge is 0.0178 e. The lowest BCUT2D eigenvalue weighted by Crippen LogP contribution is -2.37. The third-order valence-electron chi connectivity index (χ3n) is 3.97. The van der Waals surface area contributed by atoms with Crippen molar-refractivity contribution >= 4 is 15.9 Å². The summed E-state index contributed by atoms with van der Waals surface area (Å²) in [6, 6.07) is 9.43. The third-order valence-corrected chi connectivity index (χ3v) is 4.46. The minimum absolute atomic E-state index is 0.668. The molecule has 1 fully saturated rings. The quantitative estimate of drug-likeness (QED) is 0.813. The van der Waals surface area contributed by atoms with E-state index in [4.69, 9.17) is 0 Å². The Labute approximate surface area is 119 Å². The van der Waals surface area contributed by atoms with Crippen molar-refractivity contribution in [3.05, 3.63) is 34.3 Å². The molecular weight excluding hydrogens is 286 g/mol. The molecule has 1 unspecified atom stereocenters. The van der Waals surface area contributed by atoms with Gasteiger partial charge in [-0.25, -0.2) is 0 Å². The maximum absolute atomic E-state index is 3.76. The van der Waals surface area contributed by atoms with Crippen molar-refractivity contribution in [1.29, 1.82) is 0 Å². The van der Waals surface area contributed by atoms with Crippen LogP contribution in [0.3, 0.4) is 0 Å². The fraction of sp³-hybridized carbons (Fsp3) is 0.625. The van der Waals surface area contributed by atoms with Gasteiger partial charge in [0.15, 0.2) is 0 Å². The van der Waals surface area contributed by atoms with Crippen molar-refractivity contribution < 1.29 is 0 Å². The van der Waals surface area contributed by atoms with Crippen LogP contribution in [0.1, 0.15) is 44.6 Å². The highest BCUT2D eigenvalue weighted by Crippen LogP contribution is 2.29. The lowest BCUT2D eigenvalue weighted by molar-refractivity contribution is 0.356. The molecule has 0 radical (unpaired) electrons. The summed E-state index contributed by atoms with van der Waals surface area (Å²) in [7, 11) is 0. The highest BCUT2D eigenvalue weighted by molar-refractivity contribution is 9.10. The van der Waals surface area contributed by atoms with Crippen LogP contribution in [0, 0.1) is 5.92 Å². The molecule has 1 nitrogen and oxygen atoms in total. The first-order chi connectivity index (χ1) is 8.79. The molecule has 1 N–H and O–H groups in total. The highest BCUT2D eigenvalue weighted by atomic mass is 79.9. The summed E-state index contributed by atoms with van der Waals surface area (Å²) < 4.78 is 1.20. The van der Waals surface area contributed by atoms with Crippen LogP contribution in [0.15, 0.2) is 28.7 Å². The van der Waals surface area contributed by atoms with Crippen LogP contribution < -0.4 is 5.32 Å². The van der Waals surface area contributed by atoms with Gasteiger partial charge in [-0.15, -0.1) is 0 Å². The Hall–Kier alpha value is -0.340. The Kier molecular flexibility index (Phi) is 5.71. The van der Waals surface area contributed by atoms with Gasteiger partial charge < -0.3 is 5.32 Å². The molecule has 1 aliphatic carbocycles. The Morgan fingerprint density at radius 1 is 1.33 bits per heavy atom. The van der Waals surface area contributed by atoms with Gasteiger partial charge in [0.1, 0.15) is 0 Å². The van der Waals surface area contributed by atoms with Crippen LogP contribution in [-0.4, -0.2) is 12.6 Å². The van der Waals surface area contributed by atoms with E-state index >= 15 is 0 Å². The number of nitrogens with one attached hydrogen (secondary N) is 1. The molecule has 1 aliphatic rings. The van der Waals surface area contributed by atoms with Gasteiger partial charge in [-0.05, 0) is 55.8 Å². The lowest BCUT2D eigenvalue weighted by Gasteiger charge is -2.25. The van der Waals surface area contributed by atoms with Gasteiger partial charge in [0.25, 0.3) is 0 Å². The molecule has 2 heteroatoms. The second-order valence-corrected chi connectivity index (χ2v) is 6.35. The molecule has 2 rings (SSSR count). The molecule has 18 heavy (non-hydrogen) atoms. The van der Waals surface area contributed by atoms with Crippen molar-refractivity contribution in [3.63, 3.8) is 0 Å². The first kappa shape index (κ1) is 14.1. The maximum atomic E-state index is 3.76. The number of hydrogen-bond donors (Lipinski definition) is 1. The topological polar surface area (TPSA) is 12.0 Å². The fourth-order valence-electron chi connectivity index (χ4n) is 3.01. The van der Waals surface area contributed by atoms with Crippen molar-refractivity contribution in [2.45, 2.75) is 51.5 Å². The molecule has 0 bridgehead atoms. The van der Waals surface area contributed by atoms with Crippen molar-refractivity contribution in [1.82, 2.24) is 5.32 Å². The van der Waals surface area contributed by atoms with E-state index < -0.39 is 0 Å². The first-order valence-electron chi connectivity index (χ1n) is 7.27. The fourth-order valence-corrected chi connectivity index (χ4v) is 3.46. The van der Waals surface area contributed by atoms with E-state index in [0.29, 0.717) is 6.04 Å². The predicted molar refractivity (Wildman–Crippen MR) is 81.9 cm³/mol. The van der Waals surface area contributed by atoms with Gasteiger partial charge in [-0.3, -0.25) is 0 Å². The van der Waals surface area contributed by atoms with E-state index in [9.17, 15) is 0 Å². The number of halogens is 1. The summed E-state index contributed by atoms with van der Waals surface area (Å²) >= 11 is 3.57. The minimum atomic E-state index is 0.668. The van der Waals surface area contributed by atoms with Crippen molar-refractivity contribution in [2.75, 3.05) is 6.54 Å². The summed E-state index contributed by atoms with van der Waals surface area (Å²) in [5.41, 5.74) is 1.45. The SMILES string of the molecule is CCCNC(Cc1cccc(Br)c1)C1CCCC1. The maximum Gasteiger partial charge on any atom is 0.0178 e. The zero-order valence-electron chi connectivity index (χ0n) is 11.3. The highest BCUT2D eigenvalue weighted by Gasteiger charge is 2.24. The molecule has 0 spiro atoms. The molecular formula is C16H24BrN. The molecule has 1 aromatic carbocycles. The minimum Gasteiger partial charge on any atom is -0.313 e. The number of rotatable bonds is 6. The average Bonchev–Trinajstić information content (AvgIpc) is 2.88. The summed E-state index contributed by atoms with van der Waals surface area (Å²) in [6.45, 7) is 3.40. The third kappa shape index (κ3) is 4.10. The molecule has 0 heterocycles. The van der Waals surface area contributed by atoms with E-state index in [1.165, 1.54) is 48.6 Å². The van der Waals surface area contributed by atoms with Crippen LogP contribution in [0.25, 0.3) is 0 Å². The van der Waals surface area contributed by atoms with E-state index in [0.717, 1.165) is 12.5 Å². The predicted octanol–water partition coefficient (Wildman–Crippen LogP) is 4.55. The summed E-state index contributed by atoms with van der Waals surface area (Å²) in [6.07, 6.45) is 8.07. The zero-order chi connectivity index (χ0) is 12.8. The zero-order valence-corrected chi connectivity index (χ0v) is 12.9. The molecule has 0 aromatic heterocycles. The summed E-state index contributed by atoms with van der Waals surface area (Å²) in [5, 5.41) is 3.76. The largest absolute Gasteiger partial charge is 0.313 e. The van der Waals surface area contributed by atoms with Gasteiger partial charge in [0, 0.05) is 10.5 Å². The summed E-state index contributed by atoms with van der Waals surface area (Å²) in [5.74, 6) is 0.885. The molecule has 0 aliphatic heterocycles. The standard InChI is InChI=1S/C16H24BrN/c1-2-10-18-16(14-7-3-4-8-14)12-13-6-5-9-15(17)11-13/h5-6,9,11,14,16,18H,2-4,7-8,10,12H2,1H3. The molecule has 0 amide bonds. The number of hydrogen-bond acceptors (Lipinski definition) is 1. The van der Waals surface area contributed by atoms with Gasteiger partial charge in [0.05, 0.1) is 0 Å². The number of benzene rings is 1. The average molecular weight is 310 g/mol. The van der Waals surface area contributed by atoms with Gasteiger partial charge in [-0.2, -0.15) is 0 Å². The Bertz CT molecular complexity index is 358. The van der Waals surface area contributed by atoms with Gasteiger partial charge in [0.2, 0.25) is 0 Å². The van der Waals surface area contributed by atoms with Crippen molar-refractivity contribution in [2.24, 2.45) is 5.92 Å². The van der Waals surface area contributed by atoms with E-state index in [1.54, 1.807) is 0 Å². The Morgan fingerprint density at radius 3 is 2.78 bits per heavy atom. The molecule has 100 valence electrons. The van der Waals surface area contributed by atoms with Crippen molar-refractivity contribution in [3.8, 4) is 0 Å². The van der Waals surface area contributed by atoms with Gasteiger partial charge >= 0.3 is 0 Å². The van der Waals surface area contributed by atoms with E-state index in [-0.39, 0.29) is 0 Å². The van der Waals surface area contributed by atoms with Crippen LogP contribution in [0.2, 0.25) is 0 Å². The van der Waals surface area contributed by atoms with Crippen LogP contribution in [-0.2, 0) is 6.42 Å². The van der Waals surface area contributed by atoms with Gasteiger partial charge in [-0.1, -0.05) is 47.8 Å². The Morgan fingerprint density at radius 2 is 2.11 bits per heavy atom. The monoisotopic (exact) mass is 309 g/mol. The Balaban J connectivity index is 1.99. The molecule has 1 atom stereocenters. The second kappa shape index (κ2) is 7.30. The molecule has 0 saturated heterocycles. The van der Waals surface area contributed by atoms with Crippen LogP contribution in [0.4, 0.5) is 0 Å². The molecule has 1 aromatic rings. The summed E-state index contributed by atoms with van der Waals surface area (Å²) in [4.78, 5) is 0.